The average Bonchev–Trinajstić information content (AvgIpc) is 3.44. The van der Waals surface area contributed by atoms with Crippen molar-refractivity contribution in [1.82, 2.24) is 0 Å². The van der Waals surface area contributed by atoms with E-state index >= 15 is 0 Å². The molecule has 0 fully saturated rings. The van der Waals surface area contributed by atoms with Gasteiger partial charge >= 0.3 is 17.9 Å². The van der Waals surface area contributed by atoms with E-state index in [9.17, 15) is 14.4 Å². The Morgan fingerprint density at radius 1 is 0.269 bits per heavy atom. The third-order valence-electron chi connectivity index (χ3n) is 12.7. The second kappa shape index (κ2) is 64.6. The summed E-state index contributed by atoms with van der Waals surface area (Å²) < 4.78 is 16.8. The first kappa shape index (κ1) is 73.0. The summed E-state index contributed by atoms with van der Waals surface area (Å²) in [6, 6.07) is 0. The predicted molar refractivity (Wildman–Crippen MR) is 338 cm³/mol. The van der Waals surface area contributed by atoms with Crippen LogP contribution in [0, 0.1) is 0 Å². The van der Waals surface area contributed by atoms with Crippen LogP contribution in [0.15, 0.2) is 158 Å². The van der Waals surface area contributed by atoms with Crippen molar-refractivity contribution in [1.29, 1.82) is 0 Å². The smallest absolute Gasteiger partial charge is 0.306 e. The van der Waals surface area contributed by atoms with Crippen molar-refractivity contribution in [3.63, 3.8) is 0 Å². The molecular weight excluding hydrogens is 961 g/mol. The molecule has 0 aromatic carbocycles. The van der Waals surface area contributed by atoms with Gasteiger partial charge in [0.2, 0.25) is 0 Å². The summed E-state index contributed by atoms with van der Waals surface area (Å²) in [6.45, 7) is 6.34. The monoisotopic (exact) mass is 1070 g/mol. The zero-order valence-electron chi connectivity index (χ0n) is 50.1. The normalized spacial score (nSPS) is 13.2. The quantitative estimate of drug-likeness (QED) is 0.0261. The molecule has 0 aromatic rings. The number of ether oxygens (including phenoxy) is 3. The standard InChI is InChI=1S/C72H114O6/c1-4-7-10-13-16-19-22-25-28-30-31-32-33-34-35-36-37-38-39-40-41-42-45-47-50-53-56-59-62-65-71(74)77-68-69(67-76-70(73)64-61-58-55-52-49-46-43-27-24-21-18-15-12-9-6-3)78-72(75)66-63-60-57-54-51-48-44-29-26-23-20-17-14-11-8-5-2/h7,9-10,12,16,18-19,21,25,27-29,31-32,34-35,37-38,40-41,43-45,47,49,52,69H,4-6,8,11,13-15,17,20,22-24,26,30,33,36,39,42,46,48,50-51,53-68H2,1-3H3/b10-7-,12-9-,19-16-,21-18-,28-25-,32-31-,35-34-,38-37-,41-40-,43-27-,44-29-,47-45-,52-49-. The zero-order chi connectivity index (χ0) is 56.4. The summed E-state index contributed by atoms with van der Waals surface area (Å²) >= 11 is 0. The molecule has 6 heteroatoms. The first-order valence-corrected chi connectivity index (χ1v) is 31.5. The number of rotatable bonds is 55. The van der Waals surface area contributed by atoms with Crippen molar-refractivity contribution in [2.75, 3.05) is 13.2 Å². The molecule has 0 heterocycles. The first-order chi connectivity index (χ1) is 38.5. The summed E-state index contributed by atoms with van der Waals surface area (Å²) in [4.78, 5) is 38.3. The lowest BCUT2D eigenvalue weighted by molar-refractivity contribution is -0.167. The fourth-order valence-electron chi connectivity index (χ4n) is 8.09. The molecule has 0 radical (unpaired) electrons. The number of hydrogen-bond donors (Lipinski definition) is 0. The highest BCUT2D eigenvalue weighted by Crippen LogP contribution is 2.13. The SMILES string of the molecule is CC/C=C\C/C=C\C/C=C\C/C=C\C/C=C\C/C=C\C/C=C\C/C=C\CCCCCCC(=O)OCC(COC(=O)CCCC/C=C\C/C=C\C/C=C\C/C=C\CC)OC(=O)CCCCCCC/C=C\CCCCCCCCC. The fourth-order valence-corrected chi connectivity index (χ4v) is 8.09. The lowest BCUT2D eigenvalue weighted by Gasteiger charge is -2.18. The summed E-state index contributed by atoms with van der Waals surface area (Å²) in [5.74, 6) is -0.991. The van der Waals surface area contributed by atoms with E-state index in [0.29, 0.717) is 25.7 Å². The Balaban J connectivity index is 4.46. The number of carbonyl (C=O) groups is 3. The van der Waals surface area contributed by atoms with E-state index in [1.807, 2.05) is 0 Å². The maximum absolute atomic E-state index is 12.9. The summed E-state index contributed by atoms with van der Waals surface area (Å²) in [6.07, 6.45) is 93.9. The van der Waals surface area contributed by atoms with Crippen molar-refractivity contribution in [3.8, 4) is 0 Å². The third kappa shape index (κ3) is 61.9. The van der Waals surface area contributed by atoms with Gasteiger partial charge in [-0.3, -0.25) is 14.4 Å². The van der Waals surface area contributed by atoms with Gasteiger partial charge < -0.3 is 14.2 Å². The predicted octanol–water partition coefficient (Wildman–Crippen LogP) is 21.7. The molecule has 0 saturated carbocycles. The van der Waals surface area contributed by atoms with E-state index in [1.54, 1.807) is 0 Å². The lowest BCUT2D eigenvalue weighted by atomic mass is 10.1. The molecule has 6 nitrogen and oxygen atoms in total. The van der Waals surface area contributed by atoms with Crippen LogP contribution in [0.25, 0.3) is 0 Å². The number of hydrogen-bond acceptors (Lipinski definition) is 6. The van der Waals surface area contributed by atoms with E-state index in [2.05, 4.69) is 179 Å². The van der Waals surface area contributed by atoms with Crippen LogP contribution in [0.2, 0.25) is 0 Å². The van der Waals surface area contributed by atoms with E-state index in [0.717, 1.165) is 154 Å². The van der Waals surface area contributed by atoms with Crippen LogP contribution >= 0.6 is 0 Å². The minimum Gasteiger partial charge on any atom is -0.462 e. The summed E-state index contributed by atoms with van der Waals surface area (Å²) in [5, 5.41) is 0. The molecule has 0 aliphatic rings. The maximum Gasteiger partial charge on any atom is 0.306 e. The zero-order valence-corrected chi connectivity index (χ0v) is 50.1. The molecule has 0 amide bonds. The Labute approximate surface area is 480 Å². The van der Waals surface area contributed by atoms with Gasteiger partial charge in [-0.1, -0.05) is 249 Å². The average molecular weight is 1080 g/mol. The van der Waals surface area contributed by atoms with E-state index < -0.39 is 6.10 Å². The Bertz CT molecular complexity index is 1760. The second-order valence-corrected chi connectivity index (χ2v) is 20.2. The first-order valence-electron chi connectivity index (χ1n) is 31.5. The van der Waals surface area contributed by atoms with Gasteiger partial charge in [0.15, 0.2) is 6.10 Å². The van der Waals surface area contributed by atoms with Gasteiger partial charge in [-0.15, -0.1) is 0 Å². The van der Waals surface area contributed by atoms with Crippen LogP contribution in [0.5, 0.6) is 0 Å². The van der Waals surface area contributed by atoms with Crippen LogP contribution in [0.3, 0.4) is 0 Å². The summed E-state index contributed by atoms with van der Waals surface area (Å²) in [7, 11) is 0. The lowest BCUT2D eigenvalue weighted by Crippen LogP contribution is -2.30. The van der Waals surface area contributed by atoms with Gasteiger partial charge in [0.1, 0.15) is 13.2 Å². The largest absolute Gasteiger partial charge is 0.462 e. The Morgan fingerprint density at radius 3 is 0.821 bits per heavy atom. The van der Waals surface area contributed by atoms with E-state index in [1.165, 1.54) is 57.8 Å². The van der Waals surface area contributed by atoms with Crippen LogP contribution in [0.1, 0.15) is 258 Å². The van der Waals surface area contributed by atoms with Gasteiger partial charge in [-0.05, 0) is 148 Å². The molecule has 1 unspecified atom stereocenters. The summed E-state index contributed by atoms with van der Waals surface area (Å²) in [5.41, 5.74) is 0. The van der Waals surface area contributed by atoms with Crippen molar-refractivity contribution in [2.24, 2.45) is 0 Å². The van der Waals surface area contributed by atoms with Crippen molar-refractivity contribution < 1.29 is 28.6 Å². The topological polar surface area (TPSA) is 78.9 Å². The van der Waals surface area contributed by atoms with Gasteiger partial charge in [-0.2, -0.15) is 0 Å². The van der Waals surface area contributed by atoms with Crippen molar-refractivity contribution in [3.05, 3.63) is 158 Å². The molecular formula is C72H114O6. The molecule has 0 aliphatic heterocycles. The highest BCUT2D eigenvalue weighted by Gasteiger charge is 2.19. The number of allylic oxidation sites excluding steroid dienone is 26. The third-order valence-corrected chi connectivity index (χ3v) is 12.7. The number of carbonyl (C=O) groups excluding carboxylic acids is 3. The molecule has 1 atom stereocenters. The Morgan fingerprint density at radius 2 is 0.500 bits per heavy atom. The van der Waals surface area contributed by atoms with Crippen LogP contribution in [0.4, 0.5) is 0 Å². The van der Waals surface area contributed by atoms with Crippen LogP contribution < -0.4 is 0 Å². The molecule has 0 saturated heterocycles. The molecule has 438 valence electrons. The van der Waals surface area contributed by atoms with Crippen molar-refractivity contribution >= 4 is 17.9 Å². The molecule has 0 aromatic heterocycles. The molecule has 0 spiro atoms. The molecule has 0 N–H and O–H groups in total. The van der Waals surface area contributed by atoms with Crippen LogP contribution in [-0.4, -0.2) is 37.2 Å². The van der Waals surface area contributed by atoms with Gasteiger partial charge in [-0.25, -0.2) is 0 Å². The molecule has 0 rings (SSSR count). The van der Waals surface area contributed by atoms with Crippen LogP contribution in [-0.2, 0) is 28.6 Å². The Hall–Kier alpha value is -4.97. The minimum absolute atomic E-state index is 0.114. The molecule has 0 aliphatic carbocycles. The van der Waals surface area contributed by atoms with Gasteiger partial charge in [0, 0.05) is 19.3 Å². The maximum atomic E-state index is 12.9. The van der Waals surface area contributed by atoms with Gasteiger partial charge in [0.05, 0.1) is 0 Å². The number of unbranched alkanes of at least 4 members (excludes halogenated alkanes) is 18. The second-order valence-electron chi connectivity index (χ2n) is 20.2. The molecule has 78 heavy (non-hydrogen) atoms. The Kier molecular flexibility index (Phi) is 60.4. The van der Waals surface area contributed by atoms with E-state index in [-0.39, 0.29) is 31.1 Å². The minimum atomic E-state index is -0.819. The fraction of sp³-hybridized carbons (Fsp3) is 0.597. The van der Waals surface area contributed by atoms with Crippen molar-refractivity contribution in [2.45, 2.75) is 264 Å². The van der Waals surface area contributed by atoms with Gasteiger partial charge in [0.25, 0.3) is 0 Å². The molecule has 0 bridgehead atoms. The highest BCUT2D eigenvalue weighted by molar-refractivity contribution is 5.71. The number of esters is 3. The highest BCUT2D eigenvalue weighted by atomic mass is 16.6. The van der Waals surface area contributed by atoms with E-state index in [4.69, 9.17) is 14.2 Å².